The normalized spacial score (nSPS) is 13.6. The van der Waals surface area contributed by atoms with Crippen LogP contribution in [0.15, 0.2) is 48.1 Å². The fourth-order valence-corrected chi connectivity index (χ4v) is 3.46. The molecule has 0 bridgehead atoms. The number of benzene rings is 2. The Hall–Kier alpha value is -3.41. The third-order valence-electron chi connectivity index (χ3n) is 4.38. The lowest BCUT2D eigenvalue weighted by Crippen LogP contribution is -2.20. The number of nitrogens with zero attached hydrogens (tertiary/aromatic N) is 2. The van der Waals surface area contributed by atoms with E-state index >= 15 is 0 Å². The molecular formula is C19H15N3O3. The van der Waals surface area contributed by atoms with Gasteiger partial charge in [-0.3, -0.25) is 14.9 Å². The maximum absolute atomic E-state index is 12.5. The minimum atomic E-state index is -0.417. The smallest absolute Gasteiger partial charge is 0.259 e. The van der Waals surface area contributed by atoms with E-state index in [9.17, 15) is 9.59 Å². The predicted molar refractivity (Wildman–Crippen MR) is 96.0 cm³/mol. The van der Waals surface area contributed by atoms with Gasteiger partial charge in [0.1, 0.15) is 7.11 Å². The molecular weight excluding hydrogens is 318 g/mol. The van der Waals surface area contributed by atoms with Gasteiger partial charge in [-0.25, -0.2) is 0 Å². The van der Waals surface area contributed by atoms with E-state index in [1.165, 1.54) is 13.3 Å². The van der Waals surface area contributed by atoms with Gasteiger partial charge in [-0.2, -0.15) is 0 Å². The minimum absolute atomic E-state index is 0.333. The Morgan fingerprint density at radius 1 is 1.20 bits per heavy atom. The Bertz CT molecular complexity index is 1090. The molecule has 0 saturated carbocycles. The maximum atomic E-state index is 12.5. The summed E-state index contributed by atoms with van der Waals surface area (Å²) in [5.74, 6) is -0.806. The van der Waals surface area contributed by atoms with Crippen LogP contribution in [0.5, 0.6) is 0 Å². The molecule has 2 heterocycles. The van der Waals surface area contributed by atoms with E-state index in [0.717, 1.165) is 21.8 Å². The Morgan fingerprint density at radius 2 is 1.96 bits per heavy atom. The molecule has 2 aromatic carbocycles. The van der Waals surface area contributed by atoms with E-state index in [0.29, 0.717) is 23.2 Å². The number of amides is 2. The second kappa shape index (κ2) is 5.59. The fraction of sp³-hybridized carbons (Fsp3) is 0.105. The number of aromatic nitrogens is 1. The second-order valence-corrected chi connectivity index (χ2v) is 5.73. The number of imide groups is 1. The highest BCUT2D eigenvalue weighted by Gasteiger charge is 2.33. The SMILES string of the molecule is C=CCn1c2ccccc2c2c3c(c(/C=N\OC)cc21)C(=O)NC3=O. The van der Waals surface area contributed by atoms with Gasteiger partial charge in [-0.15, -0.1) is 6.58 Å². The molecule has 124 valence electrons. The van der Waals surface area contributed by atoms with E-state index in [-0.39, 0.29) is 5.91 Å². The van der Waals surface area contributed by atoms with Crippen LogP contribution in [0.2, 0.25) is 0 Å². The first-order valence-corrected chi connectivity index (χ1v) is 7.78. The minimum Gasteiger partial charge on any atom is -0.399 e. The summed E-state index contributed by atoms with van der Waals surface area (Å²) in [5, 5.41) is 7.85. The van der Waals surface area contributed by atoms with Crippen molar-refractivity contribution in [1.82, 2.24) is 9.88 Å². The average molecular weight is 333 g/mol. The zero-order valence-electron chi connectivity index (χ0n) is 13.6. The molecule has 2 amide bonds. The summed E-state index contributed by atoms with van der Waals surface area (Å²) in [5.41, 5.74) is 3.09. The molecule has 0 radical (unpaired) electrons. The summed E-state index contributed by atoms with van der Waals surface area (Å²) in [4.78, 5) is 29.6. The van der Waals surface area contributed by atoms with Gasteiger partial charge in [0, 0.05) is 28.4 Å². The Morgan fingerprint density at radius 3 is 2.72 bits per heavy atom. The number of fused-ring (bicyclic) bond motifs is 5. The van der Waals surface area contributed by atoms with Gasteiger partial charge in [0.15, 0.2) is 0 Å². The van der Waals surface area contributed by atoms with Gasteiger partial charge in [-0.1, -0.05) is 29.4 Å². The summed E-state index contributed by atoms with van der Waals surface area (Å²) >= 11 is 0. The van der Waals surface area contributed by atoms with Crippen molar-refractivity contribution in [1.29, 1.82) is 0 Å². The third kappa shape index (κ3) is 2.07. The second-order valence-electron chi connectivity index (χ2n) is 5.73. The quantitative estimate of drug-likeness (QED) is 0.345. The number of carbonyl (C=O) groups is 2. The topological polar surface area (TPSA) is 72.7 Å². The van der Waals surface area contributed by atoms with Gasteiger partial charge >= 0.3 is 0 Å². The summed E-state index contributed by atoms with van der Waals surface area (Å²) in [6.45, 7) is 4.40. The Kier molecular flexibility index (Phi) is 3.39. The first-order chi connectivity index (χ1) is 12.2. The average Bonchev–Trinajstić information content (AvgIpc) is 3.08. The van der Waals surface area contributed by atoms with Crippen LogP contribution in [0.1, 0.15) is 26.3 Å². The molecule has 0 spiro atoms. The number of oxime groups is 1. The van der Waals surface area contributed by atoms with Gasteiger partial charge in [0.25, 0.3) is 11.8 Å². The molecule has 3 aromatic rings. The van der Waals surface area contributed by atoms with Crippen molar-refractivity contribution < 1.29 is 14.4 Å². The van der Waals surface area contributed by atoms with Crippen molar-refractivity contribution in [3.63, 3.8) is 0 Å². The zero-order chi connectivity index (χ0) is 17.6. The summed E-state index contributed by atoms with van der Waals surface area (Å²) < 4.78 is 2.07. The highest BCUT2D eigenvalue weighted by molar-refractivity contribution is 6.32. The predicted octanol–water partition coefficient (Wildman–Crippen LogP) is 2.84. The number of allylic oxidation sites excluding steroid dienone is 1. The molecule has 0 atom stereocenters. The Labute approximate surface area is 143 Å². The number of carbonyl (C=O) groups excluding carboxylic acids is 2. The van der Waals surface area contributed by atoms with Gasteiger partial charge < -0.3 is 9.40 Å². The van der Waals surface area contributed by atoms with Crippen molar-refractivity contribution in [3.8, 4) is 0 Å². The van der Waals surface area contributed by atoms with Crippen molar-refractivity contribution in [2.75, 3.05) is 7.11 Å². The molecule has 6 heteroatoms. The molecule has 4 rings (SSSR count). The maximum Gasteiger partial charge on any atom is 0.259 e. The van der Waals surface area contributed by atoms with E-state index in [1.807, 2.05) is 30.3 Å². The number of rotatable bonds is 4. The third-order valence-corrected chi connectivity index (χ3v) is 4.38. The molecule has 0 unspecified atom stereocenters. The monoisotopic (exact) mass is 333 g/mol. The lowest BCUT2D eigenvalue weighted by molar-refractivity contribution is 0.0880. The molecule has 1 aliphatic heterocycles. The van der Waals surface area contributed by atoms with E-state index in [1.54, 1.807) is 6.08 Å². The summed E-state index contributed by atoms with van der Waals surface area (Å²) in [7, 11) is 1.43. The van der Waals surface area contributed by atoms with Crippen LogP contribution in [0, 0.1) is 0 Å². The van der Waals surface area contributed by atoms with Crippen LogP contribution in [-0.4, -0.2) is 29.7 Å². The molecule has 1 aliphatic rings. The first-order valence-electron chi connectivity index (χ1n) is 7.78. The van der Waals surface area contributed by atoms with E-state index in [4.69, 9.17) is 4.84 Å². The lowest BCUT2D eigenvalue weighted by atomic mass is 9.97. The first kappa shape index (κ1) is 15.1. The highest BCUT2D eigenvalue weighted by atomic mass is 16.6. The highest BCUT2D eigenvalue weighted by Crippen LogP contribution is 2.36. The van der Waals surface area contributed by atoms with Crippen molar-refractivity contribution >= 4 is 39.8 Å². The van der Waals surface area contributed by atoms with Crippen LogP contribution in [-0.2, 0) is 11.4 Å². The Balaban J connectivity index is 2.23. The molecule has 1 N–H and O–H groups in total. The molecule has 6 nitrogen and oxygen atoms in total. The summed E-state index contributed by atoms with van der Waals surface area (Å²) in [6, 6.07) is 9.67. The van der Waals surface area contributed by atoms with Crippen molar-refractivity contribution in [2.45, 2.75) is 6.54 Å². The van der Waals surface area contributed by atoms with Crippen LogP contribution < -0.4 is 5.32 Å². The van der Waals surface area contributed by atoms with Crippen molar-refractivity contribution in [2.24, 2.45) is 5.16 Å². The van der Waals surface area contributed by atoms with E-state index in [2.05, 4.69) is 21.6 Å². The number of hydrogen-bond donors (Lipinski definition) is 1. The van der Waals surface area contributed by atoms with Crippen LogP contribution in [0.4, 0.5) is 0 Å². The van der Waals surface area contributed by atoms with Crippen molar-refractivity contribution in [3.05, 3.63) is 59.7 Å². The zero-order valence-corrected chi connectivity index (χ0v) is 13.6. The van der Waals surface area contributed by atoms with Gasteiger partial charge in [-0.05, 0) is 12.1 Å². The van der Waals surface area contributed by atoms with Crippen LogP contribution in [0.25, 0.3) is 21.8 Å². The van der Waals surface area contributed by atoms with Gasteiger partial charge in [0.2, 0.25) is 0 Å². The molecule has 0 fully saturated rings. The van der Waals surface area contributed by atoms with E-state index < -0.39 is 5.91 Å². The number of hydrogen-bond acceptors (Lipinski definition) is 4. The molecule has 0 aliphatic carbocycles. The van der Waals surface area contributed by atoms with Crippen LogP contribution in [0.3, 0.4) is 0 Å². The molecule has 25 heavy (non-hydrogen) atoms. The number of nitrogens with one attached hydrogen (secondary N) is 1. The largest absolute Gasteiger partial charge is 0.399 e. The molecule has 0 saturated heterocycles. The van der Waals surface area contributed by atoms with Gasteiger partial charge in [0.05, 0.1) is 22.9 Å². The molecule has 1 aromatic heterocycles. The van der Waals surface area contributed by atoms with Crippen LogP contribution >= 0.6 is 0 Å². The lowest BCUT2D eigenvalue weighted by Gasteiger charge is -2.07. The number of para-hydroxylation sites is 1. The summed E-state index contributed by atoms with van der Waals surface area (Å²) in [6.07, 6.45) is 3.25. The standard InChI is InChI=1S/C19H15N3O3/c1-3-8-22-13-7-5-4-6-12(13)16-14(22)9-11(10-20-25-2)15-17(16)19(24)21-18(15)23/h3-7,9-10H,1,8H2,2H3,(H,21,23,24)/b20-10-. The fourth-order valence-electron chi connectivity index (χ4n) is 3.46.